The number of anilines is 1. The van der Waals surface area contributed by atoms with Crippen LogP contribution in [0.2, 0.25) is 0 Å². The summed E-state index contributed by atoms with van der Waals surface area (Å²) in [4.78, 5) is 3.10. The molecule has 1 unspecified atom stereocenters. The van der Waals surface area contributed by atoms with Crippen molar-refractivity contribution < 1.29 is 18.3 Å². The molecule has 0 aliphatic heterocycles. The Morgan fingerprint density at radius 1 is 1.58 bits per heavy atom. The Hall–Kier alpha value is -0.820. The van der Waals surface area contributed by atoms with Crippen LogP contribution in [-0.4, -0.2) is 16.3 Å². The van der Waals surface area contributed by atoms with Crippen LogP contribution in [0.1, 0.15) is 11.0 Å². The fraction of sp³-hybridized carbons (Fsp3) is 0.400. The maximum Gasteiger partial charge on any atom is 0.419 e. The highest BCUT2D eigenvalue weighted by molar-refractivity contribution is 7.15. The molecule has 12 heavy (non-hydrogen) atoms. The zero-order chi connectivity index (χ0) is 9.35. The van der Waals surface area contributed by atoms with Crippen LogP contribution in [0, 0.1) is 0 Å². The van der Waals surface area contributed by atoms with Crippen molar-refractivity contribution in [1.29, 1.82) is 0 Å². The first kappa shape index (κ1) is 9.27. The summed E-state index contributed by atoms with van der Waals surface area (Å²) in [5.41, 5.74) is 5.09. The maximum atomic E-state index is 11.8. The van der Waals surface area contributed by atoms with Crippen LogP contribution < -0.4 is 5.73 Å². The lowest BCUT2D eigenvalue weighted by molar-refractivity contribution is -0.205. The third-order valence-corrected chi connectivity index (χ3v) is 2.00. The van der Waals surface area contributed by atoms with Crippen LogP contribution in [0.4, 0.5) is 18.3 Å². The van der Waals surface area contributed by atoms with E-state index in [1.54, 1.807) is 0 Å². The van der Waals surface area contributed by atoms with Crippen molar-refractivity contribution in [3.05, 3.63) is 11.1 Å². The molecule has 3 N–H and O–H groups in total. The monoisotopic (exact) mass is 198 g/mol. The topological polar surface area (TPSA) is 59.1 Å². The number of thiazole rings is 1. The summed E-state index contributed by atoms with van der Waals surface area (Å²) >= 11 is 0.619. The molecule has 1 heterocycles. The number of aliphatic hydroxyl groups excluding tert-OH is 1. The lowest BCUT2D eigenvalue weighted by Gasteiger charge is -2.11. The van der Waals surface area contributed by atoms with Crippen molar-refractivity contribution in [2.75, 3.05) is 5.73 Å². The van der Waals surface area contributed by atoms with E-state index in [9.17, 15) is 13.2 Å². The summed E-state index contributed by atoms with van der Waals surface area (Å²) < 4.78 is 35.5. The second-order valence-electron chi connectivity index (χ2n) is 2.05. The van der Waals surface area contributed by atoms with Gasteiger partial charge >= 0.3 is 6.18 Å². The Balaban J connectivity index is 2.85. The van der Waals surface area contributed by atoms with E-state index in [1.165, 1.54) is 0 Å². The average molecular weight is 198 g/mol. The summed E-state index contributed by atoms with van der Waals surface area (Å²) in [5, 5.41) is 8.67. The van der Waals surface area contributed by atoms with Crippen LogP contribution in [-0.2, 0) is 0 Å². The molecule has 1 aromatic rings. The normalized spacial score (nSPS) is 14.7. The molecule has 68 valence electrons. The van der Waals surface area contributed by atoms with E-state index in [4.69, 9.17) is 10.8 Å². The van der Waals surface area contributed by atoms with Crippen LogP contribution in [0.15, 0.2) is 6.20 Å². The first-order valence-electron chi connectivity index (χ1n) is 2.87. The number of hydrogen-bond acceptors (Lipinski definition) is 4. The molecule has 0 saturated heterocycles. The molecule has 1 atom stereocenters. The van der Waals surface area contributed by atoms with E-state index in [0.717, 1.165) is 6.20 Å². The van der Waals surface area contributed by atoms with Gasteiger partial charge in [-0.05, 0) is 0 Å². The zero-order valence-corrected chi connectivity index (χ0v) is 6.49. The van der Waals surface area contributed by atoms with Gasteiger partial charge in [-0.3, -0.25) is 0 Å². The van der Waals surface area contributed by atoms with Gasteiger partial charge in [-0.2, -0.15) is 13.2 Å². The van der Waals surface area contributed by atoms with Crippen molar-refractivity contribution in [2.45, 2.75) is 12.3 Å². The van der Waals surface area contributed by atoms with Gasteiger partial charge < -0.3 is 10.8 Å². The average Bonchev–Trinajstić information content (AvgIpc) is 2.32. The van der Waals surface area contributed by atoms with Crippen LogP contribution in [0.5, 0.6) is 0 Å². The third kappa shape index (κ3) is 1.86. The second kappa shape index (κ2) is 2.91. The quantitative estimate of drug-likeness (QED) is 0.715. The number of hydrogen-bond donors (Lipinski definition) is 2. The number of aliphatic hydroxyl groups is 1. The molecule has 3 nitrogen and oxygen atoms in total. The highest BCUT2D eigenvalue weighted by atomic mass is 32.1. The molecule has 0 saturated carbocycles. The molecule has 0 aliphatic carbocycles. The fourth-order valence-electron chi connectivity index (χ4n) is 0.588. The van der Waals surface area contributed by atoms with Crippen LogP contribution in [0.25, 0.3) is 0 Å². The van der Waals surface area contributed by atoms with Gasteiger partial charge in [-0.25, -0.2) is 4.98 Å². The van der Waals surface area contributed by atoms with E-state index < -0.39 is 12.3 Å². The Morgan fingerprint density at radius 2 is 2.17 bits per heavy atom. The van der Waals surface area contributed by atoms with Gasteiger partial charge in [0.25, 0.3) is 0 Å². The minimum Gasteiger partial charge on any atom is -0.379 e. The minimum atomic E-state index is -4.65. The summed E-state index contributed by atoms with van der Waals surface area (Å²) in [6.45, 7) is 0. The molecule has 0 bridgehead atoms. The van der Waals surface area contributed by atoms with Gasteiger partial charge in [0.1, 0.15) is 0 Å². The van der Waals surface area contributed by atoms with Gasteiger partial charge in [-0.1, -0.05) is 11.3 Å². The molecule has 0 aliphatic rings. The molecular formula is C5H5F3N2OS. The summed E-state index contributed by atoms with van der Waals surface area (Å²) in [5.74, 6) is 0. The van der Waals surface area contributed by atoms with Gasteiger partial charge in [0.2, 0.25) is 0 Å². The van der Waals surface area contributed by atoms with Crippen molar-refractivity contribution in [3.63, 3.8) is 0 Å². The minimum absolute atomic E-state index is 0.00769. The summed E-state index contributed by atoms with van der Waals surface area (Å²) in [7, 11) is 0. The largest absolute Gasteiger partial charge is 0.419 e. The smallest absolute Gasteiger partial charge is 0.379 e. The predicted molar refractivity (Wildman–Crippen MR) is 37.5 cm³/mol. The van der Waals surface area contributed by atoms with E-state index in [0.29, 0.717) is 11.3 Å². The SMILES string of the molecule is Nc1ncc(C(O)C(F)(F)F)s1. The van der Waals surface area contributed by atoms with Gasteiger partial charge in [-0.15, -0.1) is 0 Å². The molecular weight excluding hydrogens is 193 g/mol. The molecule has 1 rings (SSSR count). The van der Waals surface area contributed by atoms with Crippen molar-refractivity contribution in [2.24, 2.45) is 0 Å². The third-order valence-electron chi connectivity index (χ3n) is 1.12. The number of aromatic nitrogens is 1. The lowest BCUT2D eigenvalue weighted by Crippen LogP contribution is -2.19. The highest BCUT2D eigenvalue weighted by Crippen LogP contribution is 2.35. The van der Waals surface area contributed by atoms with Gasteiger partial charge in [0, 0.05) is 6.20 Å². The Labute approximate surface area is 69.7 Å². The van der Waals surface area contributed by atoms with Gasteiger partial charge in [0.05, 0.1) is 4.88 Å². The first-order chi connectivity index (χ1) is 5.41. The van der Waals surface area contributed by atoms with E-state index in [1.807, 2.05) is 0 Å². The van der Waals surface area contributed by atoms with Gasteiger partial charge in [0.15, 0.2) is 11.2 Å². The number of alkyl halides is 3. The number of rotatable bonds is 1. The fourth-order valence-corrected chi connectivity index (χ4v) is 1.29. The summed E-state index contributed by atoms with van der Waals surface area (Å²) in [6.07, 6.45) is -6.22. The molecule has 0 amide bonds. The van der Waals surface area contributed by atoms with E-state index in [2.05, 4.69) is 4.98 Å². The number of halogens is 3. The Bertz CT molecular complexity index is 272. The van der Waals surface area contributed by atoms with Crippen molar-refractivity contribution in [1.82, 2.24) is 4.98 Å². The number of nitrogen functional groups attached to an aromatic ring is 1. The number of nitrogens with two attached hydrogens (primary N) is 1. The maximum absolute atomic E-state index is 11.8. The van der Waals surface area contributed by atoms with Crippen LogP contribution in [0.3, 0.4) is 0 Å². The predicted octanol–water partition coefficient (Wildman–Crippen LogP) is 1.32. The molecule has 1 aromatic heterocycles. The lowest BCUT2D eigenvalue weighted by atomic mass is 10.3. The summed E-state index contributed by atoms with van der Waals surface area (Å²) in [6, 6.07) is 0. The Kier molecular flexibility index (Phi) is 2.25. The van der Waals surface area contributed by atoms with Crippen molar-refractivity contribution in [3.8, 4) is 0 Å². The Morgan fingerprint density at radius 3 is 2.50 bits per heavy atom. The molecule has 0 spiro atoms. The van der Waals surface area contributed by atoms with E-state index >= 15 is 0 Å². The zero-order valence-electron chi connectivity index (χ0n) is 5.67. The molecule has 7 heteroatoms. The van der Waals surface area contributed by atoms with Crippen LogP contribution >= 0.6 is 11.3 Å². The van der Waals surface area contributed by atoms with Crippen molar-refractivity contribution >= 4 is 16.5 Å². The molecule has 0 aromatic carbocycles. The standard InChI is InChI=1S/C5H5F3N2OS/c6-5(7,8)3(11)2-1-10-4(9)12-2/h1,3,11H,(H2,9,10). The number of nitrogens with zero attached hydrogens (tertiary/aromatic N) is 1. The highest BCUT2D eigenvalue weighted by Gasteiger charge is 2.40. The molecule has 0 radical (unpaired) electrons. The molecule has 0 fully saturated rings. The first-order valence-corrected chi connectivity index (χ1v) is 3.69. The second-order valence-corrected chi connectivity index (χ2v) is 3.14. The van der Waals surface area contributed by atoms with E-state index in [-0.39, 0.29) is 10.0 Å².